The lowest BCUT2D eigenvalue weighted by Gasteiger charge is -2.16. The molecule has 0 radical (unpaired) electrons. The molecule has 1 amide bonds. The lowest BCUT2D eigenvalue weighted by molar-refractivity contribution is -0.137. The van der Waals surface area contributed by atoms with E-state index in [2.05, 4.69) is 12.2 Å². The van der Waals surface area contributed by atoms with Crippen LogP contribution in [-0.2, 0) is 19.0 Å². The maximum atomic E-state index is 12.5. The second-order valence-electron chi connectivity index (χ2n) is 5.94. The minimum atomic E-state index is -4.37. The van der Waals surface area contributed by atoms with Gasteiger partial charge in [0.2, 0.25) is 0 Å². The van der Waals surface area contributed by atoms with E-state index in [1.54, 1.807) is 0 Å². The number of benzene rings is 1. The van der Waals surface area contributed by atoms with Crippen LogP contribution in [0.25, 0.3) is 0 Å². The lowest BCUT2D eigenvalue weighted by Crippen LogP contribution is -2.11. The maximum Gasteiger partial charge on any atom is 0.416 e. The van der Waals surface area contributed by atoms with Crippen LogP contribution in [0.5, 0.6) is 0 Å². The van der Waals surface area contributed by atoms with Crippen molar-refractivity contribution >= 4 is 22.9 Å². The summed E-state index contributed by atoms with van der Waals surface area (Å²) in [6.45, 7) is 2.20. The van der Waals surface area contributed by atoms with Crippen molar-refractivity contribution in [1.29, 1.82) is 0 Å². The fraction of sp³-hybridized carbons (Fsp3) is 0.353. The predicted octanol–water partition coefficient (Wildman–Crippen LogP) is 5.14. The number of hydrogen-bond donors (Lipinski definition) is 1. The minimum Gasteiger partial charge on any atom is -0.321 e. The van der Waals surface area contributed by atoms with E-state index >= 15 is 0 Å². The Labute approximate surface area is 136 Å². The molecular weight excluding hydrogens is 323 g/mol. The van der Waals surface area contributed by atoms with E-state index in [0.717, 1.165) is 31.4 Å². The Balaban J connectivity index is 1.72. The maximum absolute atomic E-state index is 12.5. The molecule has 1 heterocycles. The smallest absolute Gasteiger partial charge is 0.321 e. The zero-order valence-electron chi connectivity index (χ0n) is 12.5. The number of thiophene rings is 1. The normalized spacial score (nSPS) is 17.7. The molecule has 0 spiro atoms. The van der Waals surface area contributed by atoms with E-state index in [1.807, 2.05) is 6.07 Å². The van der Waals surface area contributed by atoms with Crippen molar-refractivity contribution in [2.75, 3.05) is 5.32 Å². The number of amides is 1. The first kappa shape index (κ1) is 16.1. The molecule has 1 aliphatic carbocycles. The van der Waals surface area contributed by atoms with E-state index in [4.69, 9.17) is 0 Å². The van der Waals surface area contributed by atoms with E-state index in [9.17, 15) is 18.0 Å². The molecule has 0 aliphatic heterocycles. The molecule has 122 valence electrons. The Morgan fingerprint density at radius 2 is 1.96 bits per heavy atom. The highest BCUT2D eigenvalue weighted by atomic mass is 32.1. The number of nitrogens with one attached hydrogen (secondary N) is 1. The lowest BCUT2D eigenvalue weighted by atomic mass is 9.90. The summed E-state index contributed by atoms with van der Waals surface area (Å²) in [5.41, 5.74) is 0.866. The number of hydrogen-bond acceptors (Lipinski definition) is 2. The summed E-state index contributed by atoms with van der Waals surface area (Å²) < 4.78 is 37.6. The molecule has 0 bridgehead atoms. The van der Waals surface area contributed by atoms with Crippen molar-refractivity contribution < 1.29 is 18.0 Å². The average Bonchev–Trinajstić information content (AvgIpc) is 2.90. The molecule has 2 aromatic rings. The van der Waals surface area contributed by atoms with Gasteiger partial charge in [-0.1, -0.05) is 6.92 Å². The Hall–Kier alpha value is -1.82. The van der Waals surface area contributed by atoms with Crippen LogP contribution in [0, 0.1) is 5.92 Å². The SMILES string of the molecule is C[C@@H]1CCc2sc(C(=O)Nc3ccc(C(F)(F)F)cc3)cc2C1. The molecule has 1 aromatic heterocycles. The number of carbonyl (C=O) groups is 1. The summed E-state index contributed by atoms with van der Waals surface area (Å²) in [7, 11) is 0. The second kappa shape index (κ2) is 6.00. The summed E-state index contributed by atoms with van der Waals surface area (Å²) in [5, 5.41) is 2.66. The van der Waals surface area contributed by atoms with Gasteiger partial charge in [-0.05, 0) is 61.1 Å². The quantitative estimate of drug-likeness (QED) is 0.806. The van der Waals surface area contributed by atoms with Crippen molar-refractivity contribution in [3.8, 4) is 0 Å². The van der Waals surface area contributed by atoms with Crippen LogP contribution >= 0.6 is 11.3 Å². The number of anilines is 1. The molecule has 0 fully saturated rings. The van der Waals surface area contributed by atoms with Gasteiger partial charge in [-0.25, -0.2) is 0 Å². The van der Waals surface area contributed by atoms with Crippen LogP contribution in [0.2, 0.25) is 0 Å². The molecule has 1 aromatic carbocycles. The number of fused-ring (bicyclic) bond motifs is 1. The van der Waals surface area contributed by atoms with Crippen LogP contribution < -0.4 is 5.32 Å². The molecule has 1 atom stereocenters. The van der Waals surface area contributed by atoms with Gasteiger partial charge in [0.05, 0.1) is 10.4 Å². The molecule has 0 saturated carbocycles. The second-order valence-corrected chi connectivity index (χ2v) is 7.07. The Morgan fingerprint density at radius 1 is 1.26 bits per heavy atom. The first-order chi connectivity index (χ1) is 10.8. The van der Waals surface area contributed by atoms with E-state index in [-0.39, 0.29) is 5.91 Å². The zero-order chi connectivity index (χ0) is 16.6. The topological polar surface area (TPSA) is 29.1 Å². The summed E-state index contributed by atoms with van der Waals surface area (Å²) in [6, 6.07) is 6.40. The summed E-state index contributed by atoms with van der Waals surface area (Å²) in [6.07, 6.45) is -1.26. The molecule has 1 N–H and O–H groups in total. The van der Waals surface area contributed by atoms with E-state index in [0.29, 0.717) is 16.5 Å². The first-order valence-electron chi connectivity index (χ1n) is 7.43. The van der Waals surface area contributed by atoms with Gasteiger partial charge in [-0.2, -0.15) is 13.2 Å². The molecule has 6 heteroatoms. The molecule has 1 aliphatic rings. The number of alkyl halides is 3. The predicted molar refractivity (Wildman–Crippen MR) is 84.9 cm³/mol. The van der Waals surface area contributed by atoms with Crippen molar-refractivity contribution in [3.05, 3.63) is 51.2 Å². The minimum absolute atomic E-state index is 0.267. The van der Waals surface area contributed by atoms with Crippen molar-refractivity contribution in [3.63, 3.8) is 0 Å². The zero-order valence-corrected chi connectivity index (χ0v) is 13.4. The van der Waals surface area contributed by atoms with Gasteiger partial charge in [0.1, 0.15) is 0 Å². The average molecular weight is 339 g/mol. The van der Waals surface area contributed by atoms with Crippen LogP contribution in [0.15, 0.2) is 30.3 Å². The monoisotopic (exact) mass is 339 g/mol. The van der Waals surface area contributed by atoms with Gasteiger partial charge in [0.15, 0.2) is 0 Å². The van der Waals surface area contributed by atoms with Crippen molar-refractivity contribution in [2.24, 2.45) is 5.92 Å². The summed E-state index contributed by atoms with van der Waals surface area (Å²) >= 11 is 1.48. The largest absolute Gasteiger partial charge is 0.416 e. The van der Waals surface area contributed by atoms with Gasteiger partial charge in [-0.15, -0.1) is 11.3 Å². The summed E-state index contributed by atoms with van der Waals surface area (Å²) in [5.74, 6) is 0.361. The number of halogens is 3. The molecular formula is C17H16F3NOS. The van der Waals surface area contributed by atoms with Gasteiger partial charge >= 0.3 is 6.18 Å². The van der Waals surface area contributed by atoms with Gasteiger partial charge in [0.25, 0.3) is 5.91 Å². The fourth-order valence-electron chi connectivity index (χ4n) is 2.75. The highest BCUT2D eigenvalue weighted by Gasteiger charge is 2.30. The number of aryl methyl sites for hydroxylation is 1. The first-order valence-corrected chi connectivity index (χ1v) is 8.25. The van der Waals surface area contributed by atoms with Crippen molar-refractivity contribution in [1.82, 2.24) is 0 Å². The van der Waals surface area contributed by atoms with Crippen LogP contribution in [-0.4, -0.2) is 5.91 Å². The third kappa shape index (κ3) is 3.58. The van der Waals surface area contributed by atoms with Crippen LogP contribution in [0.1, 0.15) is 39.0 Å². The molecule has 23 heavy (non-hydrogen) atoms. The van der Waals surface area contributed by atoms with Gasteiger partial charge in [0, 0.05) is 10.6 Å². The Kier molecular flexibility index (Phi) is 4.19. The van der Waals surface area contributed by atoms with Crippen molar-refractivity contribution in [2.45, 2.75) is 32.4 Å². The highest BCUT2D eigenvalue weighted by molar-refractivity contribution is 7.14. The van der Waals surface area contributed by atoms with Gasteiger partial charge < -0.3 is 5.32 Å². The molecule has 2 nitrogen and oxygen atoms in total. The molecule has 0 saturated heterocycles. The Morgan fingerprint density at radius 3 is 2.61 bits per heavy atom. The van der Waals surface area contributed by atoms with Gasteiger partial charge in [-0.3, -0.25) is 4.79 Å². The molecule has 0 unspecified atom stereocenters. The number of carbonyl (C=O) groups excluding carboxylic acids is 1. The number of rotatable bonds is 2. The standard InChI is InChI=1S/C17H16F3NOS/c1-10-2-7-14-11(8-10)9-15(23-14)16(22)21-13-5-3-12(4-6-13)17(18,19)20/h3-6,9-10H,2,7-8H2,1H3,(H,21,22)/t10-/m1/s1. The van der Waals surface area contributed by atoms with E-state index < -0.39 is 11.7 Å². The molecule has 3 rings (SSSR count). The summed E-state index contributed by atoms with van der Waals surface area (Å²) in [4.78, 5) is 14.1. The highest BCUT2D eigenvalue weighted by Crippen LogP contribution is 2.33. The third-order valence-corrected chi connectivity index (χ3v) is 5.26. The van der Waals surface area contributed by atoms with E-state index in [1.165, 1.54) is 33.9 Å². The fourth-order valence-corrected chi connectivity index (χ4v) is 3.86. The van der Waals surface area contributed by atoms with Crippen LogP contribution in [0.3, 0.4) is 0 Å². The third-order valence-electron chi connectivity index (χ3n) is 4.02. The Bertz CT molecular complexity index is 718. The van der Waals surface area contributed by atoms with Crippen LogP contribution in [0.4, 0.5) is 18.9 Å².